The third-order valence-electron chi connectivity index (χ3n) is 7.88. The van der Waals surface area contributed by atoms with Gasteiger partial charge in [-0.3, -0.25) is 0 Å². The highest BCUT2D eigenvalue weighted by molar-refractivity contribution is 6.89. The maximum Gasteiger partial charge on any atom is 0.280 e. The summed E-state index contributed by atoms with van der Waals surface area (Å²) in [5, 5.41) is 0.509. The van der Waals surface area contributed by atoms with Crippen LogP contribution in [0.2, 0.25) is 94.7 Å². The molecule has 0 aliphatic heterocycles. The molecule has 2 N–H and O–H groups in total. The Morgan fingerprint density at radius 3 is 1.18 bits per heavy atom. The fourth-order valence-electron chi connectivity index (χ4n) is 3.06. The van der Waals surface area contributed by atoms with E-state index in [-0.39, 0.29) is 10.1 Å². The van der Waals surface area contributed by atoms with Gasteiger partial charge < -0.3 is 18.2 Å². The molecule has 0 saturated carbocycles. The van der Waals surface area contributed by atoms with Gasteiger partial charge >= 0.3 is 0 Å². The van der Waals surface area contributed by atoms with Crippen LogP contribution in [-0.2, 0) is 8.23 Å². The zero-order chi connectivity index (χ0) is 31.1. The first-order valence-electron chi connectivity index (χ1n) is 14.6. The van der Waals surface area contributed by atoms with Crippen LogP contribution in [0, 0.1) is 0 Å². The van der Waals surface area contributed by atoms with Crippen molar-refractivity contribution in [2.24, 2.45) is 0 Å². The van der Waals surface area contributed by atoms with E-state index in [2.05, 4.69) is 149 Å². The van der Waals surface area contributed by atoms with Crippen LogP contribution in [0.1, 0.15) is 48.0 Å². The van der Waals surface area contributed by atoms with Crippen LogP contribution in [-0.4, -0.2) is 62.5 Å². The normalized spacial score (nSPS) is 17.1. The number of hydrogen-bond acceptors (Lipinski definition) is 4. The maximum atomic E-state index is 6.63. The number of hydrogen-bond donors (Lipinski definition) is 2. The standard InChI is InChI=1S/C15H37NOSi3.C13H33NOSi3/c1-11-20(10,16-13-12-14-18(5,6)7)17-19(8,9)15(2,3)4;1-11-18(10,14-12-16(5,6)7)15-17(8,9)13(2,3)4/h11,16H,1,12-14H2,2-10H3;11,14H,1,12H2,2-10H3. The molecular formula is C28H70N2O2Si6. The lowest BCUT2D eigenvalue weighted by Crippen LogP contribution is -2.60. The van der Waals surface area contributed by atoms with E-state index in [4.69, 9.17) is 8.23 Å². The van der Waals surface area contributed by atoms with E-state index >= 15 is 0 Å². The molecule has 0 heterocycles. The highest BCUT2D eigenvalue weighted by Gasteiger charge is 2.44. The Morgan fingerprint density at radius 1 is 0.579 bits per heavy atom. The van der Waals surface area contributed by atoms with Crippen LogP contribution >= 0.6 is 0 Å². The molecular weight excluding hydrogens is 565 g/mol. The van der Waals surface area contributed by atoms with E-state index in [1.807, 2.05) is 5.70 Å². The number of rotatable bonds is 14. The van der Waals surface area contributed by atoms with Gasteiger partial charge in [0.2, 0.25) is 0 Å². The predicted molar refractivity (Wildman–Crippen MR) is 192 cm³/mol. The largest absolute Gasteiger partial charge is 0.441 e. The van der Waals surface area contributed by atoms with Gasteiger partial charge in [0.15, 0.2) is 16.6 Å². The summed E-state index contributed by atoms with van der Waals surface area (Å²) in [4.78, 5) is 7.41. The van der Waals surface area contributed by atoms with Crippen LogP contribution in [0.25, 0.3) is 0 Å². The SMILES string of the molecule is C=C[Si](C)(NCCC[Si](C)(C)C)O[Si](C)(C)C(C)(C)C.C=C[Si](C)(NC[Si](C)(C)C)O[Si](C)(C)C(C)(C)C. The van der Waals surface area contributed by atoms with Crippen molar-refractivity contribution < 1.29 is 8.23 Å². The second-order valence-electron chi connectivity index (χ2n) is 16.9. The van der Waals surface area contributed by atoms with Crippen molar-refractivity contribution in [3.63, 3.8) is 0 Å². The summed E-state index contributed by atoms with van der Waals surface area (Å²) in [7, 11) is -9.39. The number of nitrogens with one attached hydrogen (secondary N) is 2. The Hall–Kier alpha value is 0.621. The Kier molecular flexibility index (Phi) is 15.7. The van der Waals surface area contributed by atoms with Crippen LogP contribution in [0.3, 0.4) is 0 Å². The zero-order valence-electron chi connectivity index (χ0n) is 29.2. The first-order valence-corrected chi connectivity index (χ1v) is 32.8. The van der Waals surface area contributed by atoms with E-state index in [9.17, 15) is 0 Å². The Labute approximate surface area is 246 Å². The van der Waals surface area contributed by atoms with E-state index in [0.717, 1.165) is 12.7 Å². The molecule has 0 fully saturated rings. The second kappa shape index (κ2) is 14.7. The Bertz CT molecular complexity index is 734. The lowest BCUT2D eigenvalue weighted by molar-refractivity contribution is 0.475. The quantitative estimate of drug-likeness (QED) is 0.148. The van der Waals surface area contributed by atoms with Gasteiger partial charge in [-0.05, 0) is 68.5 Å². The van der Waals surface area contributed by atoms with Crippen molar-refractivity contribution in [2.75, 3.05) is 12.7 Å². The van der Waals surface area contributed by atoms with E-state index in [1.54, 1.807) is 0 Å². The second-order valence-corrected chi connectivity index (χ2v) is 44.6. The molecule has 228 valence electrons. The third-order valence-corrected chi connectivity index (χ3v) is 29.4. The average molecular weight is 635 g/mol. The summed E-state index contributed by atoms with van der Waals surface area (Å²) in [5.41, 5.74) is 4.11. The minimum atomic E-state index is -1.97. The molecule has 0 amide bonds. The van der Waals surface area contributed by atoms with Gasteiger partial charge in [0.1, 0.15) is 0 Å². The minimum Gasteiger partial charge on any atom is -0.441 e. The Morgan fingerprint density at radius 2 is 0.921 bits per heavy atom. The van der Waals surface area contributed by atoms with E-state index < -0.39 is 49.7 Å². The molecule has 0 radical (unpaired) electrons. The fraction of sp³-hybridized carbons (Fsp3) is 0.857. The summed E-state index contributed by atoms with van der Waals surface area (Å²) in [5.74, 6) is 0. The van der Waals surface area contributed by atoms with Crippen molar-refractivity contribution in [3.8, 4) is 0 Å². The summed E-state index contributed by atoms with van der Waals surface area (Å²) >= 11 is 0. The van der Waals surface area contributed by atoms with Gasteiger partial charge in [-0.1, -0.05) is 98.3 Å². The van der Waals surface area contributed by atoms with Crippen LogP contribution in [0.4, 0.5) is 0 Å². The van der Waals surface area contributed by atoms with Gasteiger partial charge in [0.25, 0.3) is 17.0 Å². The summed E-state index contributed by atoms with van der Waals surface area (Å²) < 4.78 is 13.2. The smallest absolute Gasteiger partial charge is 0.280 e. The highest BCUT2D eigenvalue weighted by atomic mass is 28.4. The van der Waals surface area contributed by atoms with Gasteiger partial charge in [-0.2, -0.15) is 0 Å². The Balaban J connectivity index is 0. The van der Waals surface area contributed by atoms with Crippen molar-refractivity contribution in [1.82, 2.24) is 9.96 Å². The molecule has 0 aromatic rings. The van der Waals surface area contributed by atoms with Gasteiger partial charge in [-0.25, -0.2) is 0 Å². The predicted octanol–water partition coefficient (Wildman–Crippen LogP) is 9.40. The van der Waals surface area contributed by atoms with Crippen LogP contribution < -0.4 is 9.96 Å². The molecule has 0 bridgehead atoms. The van der Waals surface area contributed by atoms with E-state index in [0.29, 0.717) is 0 Å². The molecule has 0 rings (SSSR count). The van der Waals surface area contributed by atoms with Gasteiger partial charge in [-0.15, -0.1) is 13.2 Å². The molecule has 0 aliphatic rings. The monoisotopic (exact) mass is 634 g/mol. The topological polar surface area (TPSA) is 42.5 Å². The molecule has 0 aromatic carbocycles. The molecule has 2 atom stereocenters. The molecule has 4 nitrogen and oxygen atoms in total. The summed E-state index contributed by atoms with van der Waals surface area (Å²) in [6, 6.07) is 1.38. The fourth-order valence-corrected chi connectivity index (χ4v) is 21.0. The van der Waals surface area contributed by atoms with Crippen molar-refractivity contribution in [2.45, 2.75) is 143 Å². The van der Waals surface area contributed by atoms with Crippen LogP contribution in [0.15, 0.2) is 24.6 Å². The summed E-state index contributed by atoms with van der Waals surface area (Å²) in [6.45, 7) is 51.1. The highest BCUT2D eigenvalue weighted by Crippen LogP contribution is 2.39. The lowest BCUT2D eigenvalue weighted by Gasteiger charge is -2.43. The molecule has 2 unspecified atom stereocenters. The maximum absolute atomic E-state index is 6.63. The third kappa shape index (κ3) is 16.8. The molecule has 10 heteroatoms. The van der Waals surface area contributed by atoms with E-state index in [1.165, 1.54) is 12.5 Å². The van der Waals surface area contributed by atoms with Gasteiger partial charge in [0.05, 0.1) is 8.07 Å². The molecule has 38 heavy (non-hydrogen) atoms. The lowest BCUT2D eigenvalue weighted by atomic mass is 10.2. The molecule has 0 spiro atoms. The van der Waals surface area contributed by atoms with Crippen molar-refractivity contribution in [3.05, 3.63) is 24.6 Å². The average Bonchev–Trinajstić information content (AvgIpc) is 2.67. The van der Waals surface area contributed by atoms with Crippen LogP contribution in [0.5, 0.6) is 0 Å². The molecule has 0 saturated heterocycles. The first kappa shape index (κ1) is 40.8. The molecule has 0 aliphatic carbocycles. The van der Waals surface area contributed by atoms with Crippen molar-refractivity contribution >= 4 is 49.7 Å². The van der Waals surface area contributed by atoms with Gasteiger partial charge in [0, 0.05) is 8.07 Å². The minimum absolute atomic E-state index is 0.254. The van der Waals surface area contributed by atoms with Crippen molar-refractivity contribution in [1.29, 1.82) is 0 Å². The first-order chi connectivity index (χ1) is 16.4. The molecule has 0 aromatic heterocycles. The summed E-state index contributed by atoms with van der Waals surface area (Å²) in [6.07, 6.45) is 2.36. The zero-order valence-corrected chi connectivity index (χ0v) is 35.2.